The van der Waals surface area contributed by atoms with Gasteiger partial charge in [-0.3, -0.25) is 9.59 Å². The molecule has 1 unspecified atom stereocenters. The fourth-order valence-electron chi connectivity index (χ4n) is 3.70. The summed E-state index contributed by atoms with van der Waals surface area (Å²) in [6, 6.07) is 8.45. The van der Waals surface area contributed by atoms with Gasteiger partial charge in [0.2, 0.25) is 5.91 Å². The summed E-state index contributed by atoms with van der Waals surface area (Å²) in [7, 11) is 1.51. The molecule has 1 aromatic rings. The van der Waals surface area contributed by atoms with Crippen LogP contribution in [0.4, 0.5) is 0 Å². The highest BCUT2D eigenvalue weighted by molar-refractivity contribution is 5.80. The van der Waals surface area contributed by atoms with Gasteiger partial charge in [-0.15, -0.1) is 0 Å². The maximum Gasteiger partial charge on any atom is 0.313 e. The molecule has 0 radical (unpaired) electrons. The largest absolute Gasteiger partial charge is 0.481 e. The van der Waals surface area contributed by atoms with Crippen LogP contribution in [0.25, 0.3) is 0 Å². The number of ether oxygens (including phenoxy) is 1. The maximum atomic E-state index is 12.6. The first kappa shape index (κ1) is 20.4. The predicted octanol–water partition coefficient (Wildman–Crippen LogP) is 3.16. The lowest BCUT2D eigenvalue weighted by atomic mass is 9.80. The Kier molecular flexibility index (Phi) is 7.21. The van der Waals surface area contributed by atoms with E-state index in [0.29, 0.717) is 38.1 Å². The molecule has 0 saturated carbocycles. The summed E-state index contributed by atoms with van der Waals surface area (Å²) < 4.78 is 5.12. The minimum atomic E-state index is -0.971. The van der Waals surface area contributed by atoms with E-state index in [-0.39, 0.29) is 19.1 Å². The topological polar surface area (TPSA) is 66.8 Å². The Morgan fingerprint density at radius 3 is 2.46 bits per heavy atom. The van der Waals surface area contributed by atoms with Crippen LogP contribution in [-0.2, 0) is 27.2 Å². The van der Waals surface area contributed by atoms with Gasteiger partial charge in [0.1, 0.15) is 5.41 Å². The summed E-state index contributed by atoms with van der Waals surface area (Å²) in [5.41, 5.74) is 1.49. The molecule has 1 fully saturated rings. The summed E-state index contributed by atoms with van der Waals surface area (Å²) in [6.07, 6.45) is 3.40. The van der Waals surface area contributed by atoms with Crippen LogP contribution in [-0.4, -0.2) is 48.7 Å². The van der Waals surface area contributed by atoms with Gasteiger partial charge in [0.05, 0.1) is 6.61 Å². The van der Waals surface area contributed by atoms with E-state index < -0.39 is 11.4 Å². The number of carbonyl (C=O) groups is 2. The molecule has 1 aliphatic rings. The Labute approximate surface area is 156 Å². The molecule has 26 heavy (non-hydrogen) atoms. The number of aliphatic carboxylic acids is 1. The first-order chi connectivity index (χ1) is 12.4. The third-order valence-electron chi connectivity index (χ3n) is 5.10. The number of aryl methyl sites for hydroxylation is 1. The van der Waals surface area contributed by atoms with Gasteiger partial charge in [-0.2, -0.15) is 0 Å². The summed E-state index contributed by atoms with van der Waals surface area (Å²) in [5, 5.41) is 9.60. The minimum absolute atomic E-state index is 0.0256. The van der Waals surface area contributed by atoms with Crippen molar-refractivity contribution >= 4 is 11.9 Å². The average molecular weight is 361 g/mol. The SMILES string of the molecule is COCC1(C(=O)O)CCCN(C(=O)CCc2ccc(CC(C)C)cc2)C1. The molecular formula is C21H31NO4. The fourth-order valence-corrected chi connectivity index (χ4v) is 3.70. The van der Waals surface area contributed by atoms with E-state index in [4.69, 9.17) is 4.74 Å². The first-order valence-electron chi connectivity index (χ1n) is 9.44. The van der Waals surface area contributed by atoms with E-state index in [2.05, 4.69) is 38.1 Å². The molecule has 1 saturated heterocycles. The van der Waals surface area contributed by atoms with Gasteiger partial charge in [0.15, 0.2) is 0 Å². The second-order valence-corrected chi connectivity index (χ2v) is 7.85. The molecule has 1 N–H and O–H groups in total. The number of carbonyl (C=O) groups excluding carboxylic acids is 1. The molecule has 0 aromatic heterocycles. The summed E-state index contributed by atoms with van der Waals surface area (Å²) in [5.74, 6) is -0.224. The van der Waals surface area contributed by atoms with Crippen molar-refractivity contribution in [2.75, 3.05) is 26.8 Å². The summed E-state index contributed by atoms with van der Waals surface area (Å²) in [6.45, 7) is 5.41. The second kappa shape index (κ2) is 9.17. The Hall–Kier alpha value is -1.88. The lowest BCUT2D eigenvalue weighted by Crippen LogP contribution is -2.52. The molecule has 1 aliphatic heterocycles. The van der Waals surface area contributed by atoms with Gasteiger partial charge in [-0.25, -0.2) is 0 Å². The Morgan fingerprint density at radius 2 is 1.88 bits per heavy atom. The number of carboxylic acid groups (broad SMARTS) is 1. The van der Waals surface area contributed by atoms with Crippen LogP contribution in [0.3, 0.4) is 0 Å². The number of methoxy groups -OCH3 is 1. The minimum Gasteiger partial charge on any atom is -0.481 e. The molecule has 0 bridgehead atoms. The van der Waals surface area contributed by atoms with Crippen molar-refractivity contribution in [3.05, 3.63) is 35.4 Å². The molecular weight excluding hydrogens is 330 g/mol. The van der Waals surface area contributed by atoms with E-state index in [0.717, 1.165) is 12.0 Å². The zero-order chi connectivity index (χ0) is 19.2. The van der Waals surface area contributed by atoms with Crippen LogP contribution in [0, 0.1) is 11.3 Å². The summed E-state index contributed by atoms with van der Waals surface area (Å²) in [4.78, 5) is 26.0. The molecule has 0 spiro atoms. The van der Waals surface area contributed by atoms with Crippen molar-refractivity contribution in [2.24, 2.45) is 11.3 Å². The highest BCUT2D eigenvalue weighted by Gasteiger charge is 2.43. The molecule has 1 atom stereocenters. The van der Waals surface area contributed by atoms with Crippen LogP contribution < -0.4 is 0 Å². The van der Waals surface area contributed by atoms with E-state index in [1.807, 2.05) is 0 Å². The van der Waals surface area contributed by atoms with E-state index in [1.165, 1.54) is 12.7 Å². The molecule has 2 rings (SSSR count). The van der Waals surface area contributed by atoms with Gasteiger partial charge < -0.3 is 14.7 Å². The third kappa shape index (κ3) is 5.31. The normalized spacial score (nSPS) is 20.4. The first-order valence-corrected chi connectivity index (χ1v) is 9.44. The van der Waals surface area contributed by atoms with Crippen molar-refractivity contribution in [3.63, 3.8) is 0 Å². The number of piperidine rings is 1. The van der Waals surface area contributed by atoms with E-state index >= 15 is 0 Å². The van der Waals surface area contributed by atoms with Gasteiger partial charge in [0.25, 0.3) is 0 Å². The number of hydrogen-bond acceptors (Lipinski definition) is 3. The number of amides is 1. The van der Waals surface area contributed by atoms with Gasteiger partial charge >= 0.3 is 5.97 Å². The van der Waals surface area contributed by atoms with E-state index in [9.17, 15) is 14.7 Å². The van der Waals surface area contributed by atoms with Crippen molar-refractivity contribution in [3.8, 4) is 0 Å². The van der Waals surface area contributed by atoms with Crippen molar-refractivity contribution in [1.29, 1.82) is 0 Å². The van der Waals surface area contributed by atoms with Crippen LogP contribution in [0.2, 0.25) is 0 Å². The quantitative estimate of drug-likeness (QED) is 0.772. The number of carboxylic acids is 1. The standard InChI is InChI=1S/C21H31NO4/c1-16(2)13-18-7-5-17(6-8-18)9-10-19(23)22-12-4-11-21(14-22,15-26-3)20(24)25/h5-8,16H,4,9-15H2,1-3H3,(H,24,25). The van der Waals surface area contributed by atoms with Crippen molar-refractivity contribution < 1.29 is 19.4 Å². The number of likely N-dealkylation sites (tertiary alicyclic amines) is 1. The van der Waals surface area contributed by atoms with Crippen LogP contribution in [0.15, 0.2) is 24.3 Å². The van der Waals surface area contributed by atoms with Crippen LogP contribution in [0.5, 0.6) is 0 Å². The van der Waals surface area contributed by atoms with Gasteiger partial charge in [0, 0.05) is 26.6 Å². The zero-order valence-electron chi connectivity index (χ0n) is 16.2. The fraction of sp³-hybridized carbons (Fsp3) is 0.619. The molecule has 5 heteroatoms. The number of hydrogen-bond donors (Lipinski definition) is 1. The average Bonchev–Trinajstić information content (AvgIpc) is 2.60. The summed E-state index contributed by atoms with van der Waals surface area (Å²) >= 11 is 0. The van der Waals surface area contributed by atoms with Crippen LogP contribution >= 0.6 is 0 Å². The Morgan fingerprint density at radius 1 is 1.23 bits per heavy atom. The smallest absolute Gasteiger partial charge is 0.313 e. The Balaban J connectivity index is 1.91. The molecule has 0 aliphatic carbocycles. The van der Waals surface area contributed by atoms with Crippen molar-refractivity contribution in [2.45, 2.75) is 46.0 Å². The van der Waals surface area contributed by atoms with E-state index in [1.54, 1.807) is 4.90 Å². The maximum absolute atomic E-state index is 12.6. The monoisotopic (exact) mass is 361 g/mol. The second-order valence-electron chi connectivity index (χ2n) is 7.85. The molecule has 5 nitrogen and oxygen atoms in total. The highest BCUT2D eigenvalue weighted by Crippen LogP contribution is 2.31. The third-order valence-corrected chi connectivity index (χ3v) is 5.10. The van der Waals surface area contributed by atoms with Gasteiger partial charge in [-0.05, 0) is 42.7 Å². The van der Waals surface area contributed by atoms with Crippen LogP contribution in [0.1, 0.15) is 44.2 Å². The zero-order valence-corrected chi connectivity index (χ0v) is 16.2. The number of nitrogens with zero attached hydrogens (tertiary/aromatic N) is 1. The Bertz CT molecular complexity index is 607. The lowest BCUT2D eigenvalue weighted by molar-refractivity contribution is -0.159. The molecule has 1 amide bonds. The van der Waals surface area contributed by atoms with Crippen molar-refractivity contribution in [1.82, 2.24) is 4.90 Å². The lowest BCUT2D eigenvalue weighted by Gasteiger charge is -2.39. The molecule has 144 valence electrons. The van der Waals surface area contributed by atoms with Gasteiger partial charge in [-0.1, -0.05) is 38.1 Å². The highest BCUT2D eigenvalue weighted by atomic mass is 16.5. The molecule has 1 heterocycles. The number of benzene rings is 1. The predicted molar refractivity (Wildman–Crippen MR) is 101 cm³/mol. The molecule has 1 aromatic carbocycles. The number of rotatable bonds is 8.